The maximum absolute atomic E-state index is 13.6. The molecular weight excluding hydrogens is 426 g/mol. The van der Waals surface area contributed by atoms with Gasteiger partial charge in [-0.05, 0) is 33.4 Å². The summed E-state index contributed by atoms with van der Waals surface area (Å²) in [6.45, 7) is 0. The molecule has 1 fully saturated rings. The van der Waals surface area contributed by atoms with Gasteiger partial charge in [0.2, 0.25) is 0 Å². The maximum atomic E-state index is 13.6. The van der Waals surface area contributed by atoms with E-state index in [4.69, 9.17) is 4.74 Å². The summed E-state index contributed by atoms with van der Waals surface area (Å²) in [4.78, 5) is 12.5. The number of esters is 1. The number of rotatable bonds is 3. The molecule has 0 amide bonds. The summed E-state index contributed by atoms with van der Waals surface area (Å²) in [6, 6.07) is 37.4. The molecule has 6 rings (SSSR count). The van der Waals surface area contributed by atoms with Gasteiger partial charge in [0.15, 0.2) is 4.87 Å². The maximum Gasteiger partial charge on any atom is 0.341 e. The van der Waals surface area contributed by atoms with Crippen molar-refractivity contribution < 1.29 is 9.53 Å². The Morgan fingerprint density at radius 1 is 0.758 bits per heavy atom. The fourth-order valence-electron chi connectivity index (χ4n) is 5.43. The van der Waals surface area contributed by atoms with Crippen LogP contribution in [-0.4, -0.2) is 13.1 Å². The first-order valence-electron chi connectivity index (χ1n) is 11.1. The minimum absolute atomic E-state index is 0.146. The highest BCUT2D eigenvalue weighted by Crippen LogP contribution is 2.68. The van der Waals surface area contributed by atoms with E-state index in [0.717, 1.165) is 11.1 Å². The fraction of sp³-hybridized carbons (Fsp3) is 0.138. The Labute approximate surface area is 197 Å². The zero-order valence-electron chi connectivity index (χ0n) is 18.2. The quantitative estimate of drug-likeness (QED) is 0.389. The molecule has 3 nitrogen and oxygen atoms in total. The van der Waals surface area contributed by atoms with Crippen molar-refractivity contribution in [1.29, 1.82) is 0 Å². The summed E-state index contributed by atoms with van der Waals surface area (Å²) in [5, 5.41) is 3.79. The molecule has 33 heavy (non-hydrogen) atoms. The van der Waals surface area contributed by atoms with Crippen LogP contribution in [0.5, 0.6) is 0 Å². The summed E-state index contributed by atoms with van der Waals surface area (Å²) < 4.78 is 4.93. The van der Waals surface area contributed by atoms with E-state index in [-0.39, 0.29) is 12.0 Å². The summed E-state index contributed by atoms with van der Waals surface area (Å²) in [6.07, 6.45) is 0. The SMILES string of the molecule is COC(=O)[C@]1(c2ccccc2)N[C@H](c2ccccc2)C2(S1)c1ccccc1-c1ccccc12. The minimum Gasteiger partial charge on any atom is -0.467 e. The molecule has 1 saturated heterocycles. The van der Waals surface area contributed by atoms with Crippen LogP contribution in [0.1, 0.15) is 28.3 Å². The van der Waals surface area contributed by atoms with E-state index in [0.29, 0.717) is 0 Å². The van der Waals surface area contributed by atoms with Crippen molar-refractivity contribution in [3.8, 4) is 11.1 Å². The van der Waals surface area contributed by atoms with Crippen LogP contribution < -0.4 is 5.32 Å². The monoisotopic (exact) mass is 449 g/mol. The molecule has 0 bridgehead atoms. The zero-order chi connectivity index (χ0) is 22.5. The molecule has 1 aliphatic heterocycles. The van der Waals surface area contributed by atoms with Crippen molar-refractivity contribution in [2.24, 2.45) is 0 Å². The second-order valence-electron chi connectivity index (χ2n) is 8.46. The number of carbonyl (C=O) groups excluding carboxylic acids is 1. The first kappa shape index (κ1) is 20.3. The van der Waals surface area contributed by atoms with E-state index in [2.05, 4.69) is 78.1 Å². The van der Waals surface area contributed by atoms with Crippen LogP contribution in [0.3, 0.4) is 0 Å². The molecule has 0 aromatic heterocycles. The van der Waals surface area contributed by atoms with Gasteiger partial charge < -0.3 is 4.74 Å². The van der Waals surface area contributed by atoms with Gasteiger partial charge in [0.25, 0.3) is 0 Å². The van der Waals surface area contributed by atoms with Crippen molar-refractivity contribution in [3.63, 3.8) is 0 Å². The predicted molar refractivity (Wildman–Crippen MR) is 133 cm³/mol. The Morgan fingerprint density at radius 3 is 1.85 bits per heavy atom. The molecule has 0 unspecified atom stereocenters. The molecule has 4 aromatic rings. The van der Waals surface area contributed by atoms with Crippen LogP contribution >= 0.6 is 11.8 Å². The van der Waals surface area contributed by atoms with Crippen LogP contribution in [0.2, 0.25) is 0 Å². The number of ether oxygens (including phenoxy) is 1. The number of carbonyl (C=O) groups is 1. The lowest BCUT2D eigenvalue weighted by Crippen LogP contribution is -2.44. The molecule has 2 atom stereocenters. The molecule has 1 spiro atoms. The molecular formula is C29H23NO2S. The van der Waals surface area contributed by atoms with Gasteiger partial charge in [-0.25, -0.2) is 4.79 Å². The van der Waals surface area contributed by atoms with Crippen LogP contribution in [0.4, 0.5) is 0 Å². The zero-order valence-corrected chi connectivity index (χ0v) is 19.0. The number of hydrogen-bond donors (Lipinski definition) is 1. The highest BCUT2D eigenvalue weighted by atomic mass is 32.2. The van der Waals surface area contributed by atoms with Gasteiger partial charge in [-0.3, -0.25) is 5.32 Å². The highest BCUT2D eigenvalue weighted by molar-refractivity contribution is 8.02. The molecule has 0 radical (unpaired) electrons. The molecule has 2 aliphatic rings. The standard InChI is InChI=1S/C29H23NO2S/c1-32-27(31)29(21-14-6-3-7-15-21)30-26(20-12-4-2-5-13-20)28(33-29)24-18-10-8-16-22(24)23-17-9-11-19-25(23)28/h2-19,26,30H,1H3/t26-,29-/m1/s1. The summed E-state index contributed by atoms with van der Waals surface area (Å²) in [5.74, 6) is -0.293. The Balaban J connectivity index is 1.68. The van der Waals surface area contributed by atoms with Gasteiger partial charge in [0.1, 0.15) is 0 Å². The number of hydrogen-bond acceptors (Lipinski definition) is 4. The van der Waals surface area contributed by atoms with Crippen molar-refractivity contribution in [2.45, 2.75) is 15.7 Å². The average molecular weight is 450 g/mol. The Bertz CT molecular complexity index is 1290. The topological polar surface area (TPSA) is 38.3 Å². The van der Waals surface area contributed by atoms with Crippen LogP contribution in [0.15, 0.2) is 109 Å². The lowest BCUT2D eigenvalue weighted by molar-refractivity contribution is -0.144. The van der Waals surface area contributed by atoms with E-state index in [1.807, 2.05) is 36.4 Å². The number of thioether (sulfide) groups is 1. The number of nitrogens with one attached hydrogen (secondary N) is 1. The van der Waals surface area contributed by atoms with E-state index in [9.17, 15) is 4.79 Å². The number of methoxy groups -OCH3 is 1. The van der Waals surface area contributed by atoms with Crippen molar-refractivity contribution in [2.75, 3.05) is 7.11 Å². The largest absolute Gasteiger partial charge is 0.467 e. The van der Waals surface area contributed by atoms with Crippen molar-refractivity contribution >= 4 is 17.7 Å². The van der Waals surface area contributed by atoms with E-state index in [1.54, 1.807) is 11.8 Å². The van der Waals surface area contributed by atoms with Gasteiger partial charge in [0.05, 0.1) is 17.9 Å². The number of benzene rings is 4. The summed E-state index contributed by atoms with van der Waals surface area (Å²) in [5.41, 5.74) is 6.91. The first-order valence-corrected chi connectivity index (χ1v) is 11.9. The van der Waals surface area contributed by atoms with Crippen LogP contribution in [0, 0.1) is 0 Å². The normalized spacial score (nSPS) is 22.0. The first-order chi connectivity index (χ1) is 16.2. The Hall–Kier alpha value is -3.34. The Kier molecular flexibility index (Phi) is 4.68. The minimum atomic E-state index is -1.05. The third-order valence-electron chi connectivity index (χ3n) is 6.80. The van der Waals surface area contributed by atoms with Gasteiger partial charge in [-0.1, -0.05) is 109 Å². The fourth-order valence-corrected chi connectivity index (χ4v) is 7.39. The van der Waals surface area contributed by atoms with Crippen LogP contribution in [0.25, 0.3) is 11.1 Å². The third-order valence-corrected chi connectivity index (χ3v) is 8.62. The van der Waals surface area contributed by atoms with Gasteiger partial charge >= 0.3 is 5.97 Å². The Morgan fingerprint density at radius 2 is 1.27 bits per heavy atom. The summed E-state index contributed by atoms with van der Waals surface area (Å²) >= 11 is 1.66. The second kappa shape index (κ2) is 7.62. The molecule has 0 saturated carbocycles. The number of fused-ring (bicyclic) bond motifs is 5. The molecule has 1 aliphatic carbocycles. The molecule has 1 heterocycles. The average Bonchev–Trinajstić information content (AvgIpc) is 3.40. The van der Waals surface area contributed by atoms with Gasteiger partial charge in [-0.2, -0.15) is 0 Å². The van der Waals surface area contributed by atoms with Gasteiger partial charge in [0, 0.05) is 0 Å². The highest BCUT2D eigenvalue weighted by Gasteiger charge is 2.64. The molecule has 4 aromatic carbocycles. The van der Waals surface area contributed by atoms with Crippen molar-refractivity contribution in [3.05, 3.63) is 131 Å². The van der Waals surface area contributed by atoms with Crippen molar-refractivity contribution in [1.82, 2.24) is 5.32 Å². The molecule has 162 valence electrons. The summed E-state index contributed by atoms with van der Waals surface area (Å²) in [7, 11) is 1.47. The van der Waals surface area contributed by atoms with E-state index < -0.39 is 9.62 Å². The molecule has 4 heteroatoms. The second-order valence-corrected chi connectivity index (χ2v) is 9.92. The van der Waals surface area contributed by atoms with Crippen LogP contribution in [-0.2, 0) is 19.1 Å². The predicted octanol–water partition coefficient (Wildman–Crippen LogP) is 6.01. The van der Waals surface area contributed by atoms with Gasteiger partial charge in [-0.15, -0.1) is 11.8 Å². The lowest BCUT2D eigenvalue weighted by atomic mass is 9.83. The smallest absolute Gasteiger partial charge is 0.341 e. The van der Waals surface area contributed by atoms with E-state index in [1.165, 1.54) is 29.4 Å². The third kappa shape index (κ3) is 2.78. The van der Waals surface area contributed by atoms with E-state index >= 15 is 0 Å². The lowest BCUT2D eigenvalue weighted by Gasteiger charge is -2.33. The molecule has 1 N–H and O–H groups in total.